The van der Waals surface area contributed by atoms with Crippen molar-refractivity contribution in [3.63, 3.8) is 0 Å². The summed E-state index contributed by atoms with van der Waals surface area (Å²) >= 11 is 0. The summed E-state index contributed by atoms with van der Waals surface area (Å²) in [6.45, 7) is 2.84. The van der Waals surface area contributed by atoms with Crippen LogP contribution in [-0.4, -0.2) is 6.54 Å². The predicted octanol–water partition coefficient (Wildman–Crippen LogP) is 2.70. The average Bonchev–Trinajstić information content (AvgIpc) is 2.29. The molecule has 0 fully saturated rings. The lowest BCUT2D eigenvalue weighted by Crippen LogP contribution is -2.34. The lowest BCUT2D eigenvalue weighted by molar-refractivity contribution is 0.340. The Hall–Kier alpha value is -1.08. The molecule has 1 nitrogen and oxygen atoms in total. The summed E-state index contributed by atoms with van der Waals surface area (Å²) in [5.74, 6) is 0. The van der Waals surface area contributed by atoms with E-state index in [1.807, 2.05) is 0 Å². The molecule has 0 spiro atoms. The van der Waals surface area contributed by atoms with Gasteiger partial charge in [-0.2, -0.15) is 0 Å². The van der Waals surface area contributed by atoms with Gasteiger partial charge in [0.05, 0.1) is 0 Å². The van der Waals surface area contributed by atoms with Gasteiger partial charge in [0, 0.05) is 12.0 Å². The van der Waals surface area contributed by atoms with Gasteiger partial charge in [-0.05, 0) is 37.3 Å². The van der Waals surface area contributed by atoms with Crippen LogP contribution in [0.25, 0.3) is 0 Å². The van der Waals surface area contributed by atoms with Crippen LogP contribution in [0.3, 0.4) is 0 Å². The fourth-order valence-electron chi connectivity index (χ4n) is 2.56. The van der Waals surface area contributed by atoms with Crippen LogP contribution in [0.2, 0.25) is 0 Å². The van der Waals surface area contributed by atoms with E-state index >= 15 is 0 Å². The lowest BCUT2D eigenvalue weighted by atomic mass is 9.71. The van der Waals surface area contributed by atoms with Gasteiger partial charge in [-0.15, -0.1) is 0 Å². The van der Waals surface area contributed by atoms with E-state index in [4.69, 9.17) is 5.73 Å². The molecule has 2 rings (SSSR count). The Kier molecular flexibility index (Phi) is 2.92. The van der Waals surface area contributed by atoms with E-state index in [0.717, 1.165) is 19.4 Å². The van der Waals surface area contributed by atoms with Crippen molar-refractivity contribution in [1.29, 1.82) is 0 Å². The third kappa shape index (κ3) is 1.98. The van der Waals surface area contributed by atoms with Crippen molar-refractivity contribution in [3.8, 4) is 0 Å². The highest BCUT2D eigenvalue weighted by atomic mass is 14.6. The number of nitrogens with two attached hydrogens (primary N) is 1. The number of hydrogen-bond acceptors (Lipinski definition) is 1. The third-order valence-corrected chi connectivity index (χ3v) is 3.48. The van der Waals surface area contributed by atoms with Crippen LogP contribution >= 0.6 is 0 Å². The monoisotopic (exact) mass is 201 g/mol. The van der Waals surface area contributed by atoms with Crippen LogP contribution in [-0.2, 0) is 12.8 Å². The Bertz CT molecular complexity index is 367. The van der Waals surface area contributed by atoms with Gasteiger partial charge in [-0.3, -0.25) is 0 Å². The number of fused-ring (bicyclic) bond motifs is 1. The molecule has 0 aliphatic heterocycles. The van der Waals surface area contributed by atoms with Gasteiger partial charge in [0.15, 0.2) is 0 Å². The maximum atomic E-state index is 5.93. The second kappa shape index (κ2) is 4.19. The van der Waals surface area contributed by atoms with Crippen molar-refractivity contribution >= 4 is 0 Å². The first kappa shape index (κ1) is 10.4. The van der Waals surface area contributed by atoms with E-state index in [-0.39, 0.29) is 5.41 Å². The van der Waals surface area contributed by atoms with Crippen molar-refractivity contribution in [2.24, 2.45) is 11.1 Å². The van der Waals surface area contributed by atoms with E-state index in [2.05, 4.69) is 43.3 Å². The zero-order chi connectivity index (χ0) is 10.7. The Balaban J connectivity index is 2.30. The number of aryl methyl sites for hydroxylation is 1. The normalized spacial score (nSPS) is 25.5. The summed E-state index contributed by atoms with van der Waals surface area (Å²) in [5.41, 5.74) is 9.13. The van der Waals surface area contributed by atoms with Gasteiger partial charge in [0.25, 0.3) is 0 Å². The summed E-state index contributed by atoms with van der Waals surface area (Å²) in [7, 11) is 0. The molecular formula is C14H19N. The Morgan fingerprint density at radius 1 is 1.33 bits per heavy atom. The summed E-state index contributed by atoms with van der Waals surface area (Å²) in [4.78, 5) is 0. The van der Waals surface area contributed by atoms with E-state index in [9.17, 15) is 0 Å². The molecule has 0 aromatic heterocycles. The number of rotatable bonds is 2. The van der Waals surface area contributed by atoms with E-state index in [1.54, 1.807) is 0 Å². The second-order valence-electron chi connectivity index (χ2n) is 4.51. The molecule has 2 N–H and O–H groups in total. The highest BCUT2D eigenvalue weighted by Crippen LogP contribution is 2.35. The van der Waals surface area contributed by atoms with Crippen LogP contribution in [0.15, 0.2) is 36.4 Å². The van der Waals surface area contributed by atoms with Crippen LogP contribution in [0.5, 0.6) is 0 Å². The Morgan fingerprint density at radius 3 is 2.73 bits per heavy atom. The first-order valence-electron chi connectivity index (χ1n) is 5.70. The molecule has 0 saturated heterocycles. The Morgan fingerprint density at radius 2 is 2.07 bits per heavy atom. The smallest absolute Gasteiger partial charge is 0.00478 e. The fraction of sp³-hybridized carbons (Fsp3) is 0.429. The molecule has 1 heteroatoms. The van der Waals surface area contributed by atoms with Gasteiger partial charge in [-0.25, -0.2) is 0 Å². The van der Waals surface area contributed by atoms with Crippen LogP contribution in [0, 0.1) is 5.41 Å². The number of hydrogen-bond donors (Lipinski definition) is 1. The molecule has 1 unspecified atom stereocenters. The molecular weight excluding hydrogens is 182 g/mol. The van der Waals surface area contributed by atoms with Gasteiger partial charge in [0.1, 0.15) is 0 Å². The zero-order valence-electron chi connectivity index (χ0n) is 9.37. The van der Waals surface area contributed by atoms with Crippen molar-refractivity contribution in [2.75, 3.05) is 6.54 Å². The Labute approximate surface area is 92.0 Å². The highest BCUT2D eigenvalue weighted by molar-refractivity contribution is 5.32. The second-order valence-corrected chi connectivity index (χ2v) is 4.51. The largest absolute Gasteiger partial charge is 0.330 e. The summed E-state index contributed by atoms with van der Waals surface area (Å²) in [5, 5.41) is 0. The van der Waals surface area contributed by atoms with Crippen LogP contribution in [0.4, 0.5) is 0 Å². The minimum atomic E-state index is 0.211. The first-order valence-corrected chi connectivity index (χ1v) is 5.70. The number of benzene rings is 1. The van der Waals surface area contributed by atoms with Crippen molar-refractivity contribution in [3.05, 3.63) is 47.5 Å². The average molecular weight is 201 g/mol. The summed E-state index contributed by atoms with van der Waals surface area (Å²) in [6.07, 6.45) is 7.89. The zero-order valence-corrected chi connectivity index (χ0v) is 9.37. The molecule has 0 saturated carbocycles. The molecule has 1 aromatic rings. The van der Waals surface area contributed by atoms with Crippen molar-refractivity contribution < 1.29 is 0 Å². The van der Waals surface area contributed by atoms with Gasteiger partial charge in [0.2, 0.25) is 0 Å². The minimum absolute atomic E-state index is 0.211. The SMILES string of the molecule is CC=CC1(CN)CCc2ccccc2C1. The molecule has 1 aliphatic rings. The van der Waals surface area contributed by atoms with Crippen LogP contribution in [0.1, 0.15) is 24.5 Å². The van der Waals surface area contributed by atoms with Gasteiger partial charge >= 0.3 is 0 Å². The molecule has 0 radical (unpaired) electrons. The quantitative estimate of drug-likeness (QED) is 0.731. The van der Waals surface area contributed by atoms with Crippen molar-refractivity contribution in [2.45, 2.75) is 26.2 Å². The molecule has 80 valence electrons. The molecule has 15 heavy (non-hydrogen) atoms. The highest BCUT2D eigenvalue weighted by Gasteiger charge is 2.30. The molecule has 1 aromatic carbocycles. The van der Waals surface area contributed by atoms with Gasteiger partial charge < -0.3 is 5.73 Å². The summed E-state index contributed by atoms with van der Waals surface area (Å²) in [6, 6.07) is 8.73. The molecule has 0 amide bonds. The molecule has 0 bridgehead atoms. The van der Waals surface area contributed by atoms with E-state index < -0.39 is 0 Å². The maximum Gasteiger partial charge on any atom is 0.00478 e. The van der Waals surface area contributed by atoms with Gasteiger partial charge in [-0.1, -0.05) is 36.4 Å². The standard InChI is InChI=1S/C14H19N/c1-2-8-14(11-15)9-7-12-5-3-4-6-13(12)10-14/h2-6,8H,7,9-11,15H2,1H3. The lowest BCUT2D eigenvalue weighted by Gasteiger charge is -2.34. The minimum Gasteiger partial charge on any atom is -0.330 e. The number of allylic oxidation sites excluding steroid dienone is 1. The van der Waals surface area contributed by atoms with Crippen molar-refractivity contribution in [1.82, 2.24) is 0 Å². The molecule has 1 aliphatic carbocycles. The van der Waals surface area contributed by atoms with Crippen LogP contribution < -0.4 is 5.73 Å². The maximum absolute atomic E-state index is 5.93. The predicted molar refractivity (Wildman–Crippen MR) is 64.8 cm³/mol. The molecule has 0 heterocycles. The first-order chi connectivity index (χ1) is 7.29. The fourth-order valence-corrected chi connectivity index (χ4v) is 2.56. The summed E-state index contributed by atoms with van der Waals surface area (Å²) < 4.78 is 0. The molecule has 1 atom stereocenters. The van der Waals surface area contributed by atoms with E-state index in [0.29, 0.717) is 0 Å². The topological polar surface area (TPSA) is 26.0 Å². The van der Waals surface area contributed by atoms with E-state index in [1.165, 1.54) is 17.5 Å². The third-order valence-electron chi connectivity index (χ3n) is 3.48.